The van der Waals surface area contributed by atoms with E-state index in [9.17, 15) is 13.2 Å². The fourth-order valence-electron chi connectivity index (χ4n) is 14.9. The van der Waals surface area contributed by atoms with Crippen molar-refractivity contribution in [2.24, 2.45) is 56.7 Å². The Bertz CT molecular complexity index is 2100. The molecule has 2 saturated heterocycles. The first kappa shape index (κ1) is 46.9. The molecule has 63 heavy (non-hydrogen) atoms. The van der Waals surface area contributed by atoms with E-state index < -0.39 is 15.6 Å². The Morgan fingerprint density at radius 2 is 1.59 bits per heavy atom. The van der Waals surface area contributed by atoms with Crippen LogP contribution in [0.15, 0.2) is 71.1 Å². The molecule has 2 aromatic carbocycles. The second-order valence-corrected chi connectivity index (χ2v) is 24.0. The molecule has 0 N–H and O–H groups in total. The predicted octanol–water partition coefficient (Wildman–Crippen LogP) is 10.2. The minimum Gasteiger partial charge on any atom is -0.461 e. The molecule has 6 aliphatic rings. The highest BCUT2D eigenvalue weighted by molar-refractivity contribution is 7.89. The number of nitrogens with zero attached hydrogens (tertiary/aromatic N) is 1. The Labute approximate surface area is 379 Å². The highest BCUT2D eigenvalue weighted by atomic mass is 32.2. The third-order valence-electron chi connectivity index (χ3n) is 19.0. The normalized spacial score (nSPS) is 37.9. The van der Waals surface area contributed by atoms with E-state index in [0.29, 0.717) is 74.4 Å². The summed E-state index contributed by atoms with van der Waals surface area (Å²) in [5.74, 6) is 1.07. The quantitative estimate of drug-likeness (QED) is 0.145. The number of rotatable bonds is 13. The Kier molecular flexibility index (Phi) is 12.8. The van der Waals surface area contributed by atoms with E-state index in [0.717, 1.165) is 49.7 Å². The first-order chi connectivity index (χ1) is 29.9. The number of hydrogen-bond acceptors (Lipinski definition) is 8. The lowest BCUT2D eigenvalue weighted by Gasteiger charge is -2.71. The maximum atomic E-state index is 14.9. The Morgan fingerprint density at radius 1 is 0.889 bits per heavy atom. The van der Waals surface area contributed by atoms with Crippen molar-refractivity contribution in [1.29, 1.82) is 0 Å². The number of hydrogen-bond donors (Lipinski definition) is 0. The topological polar surface area (TPSA) is 101 Å². The van der Waals surface area contributed by atoms with Gasteiger partial charge in [0.2, 0.25) is 10.0 Å². The van der Waals surface area contributed by atoms with Crippen LogP contribution in [-0.2, 0) is 45.1 Å². The van der Waals surface area contributed by atoms with E-state index in [1.54, 1.807) is 16.4 Å². The van der Waals surface area contributed by atoms with Gasteiger partial charge in [0.25, 0.3) is 0 Å². The number of fused-ring (bicyclic) bond motifs is 3. The molecule has 8 rings (SSSR count). The monoisotopic (exact) mass is 888 g/mol. The number of ether oxygens (including phenoxy) is 5. The number of esters is 1. The van der Waals surface area contributed by atoms with Gasteiger partial charge in [-0.15, -0.1) is 0 Å². The molecule has 1 unspecified atom stereocenters. The first-order valence-corrected chi connectivity index (χ1v) is 25.6. The lowest BCUT2D eigenvalue weighted by molar-refractivity contribution is -0.272. The van der Waals surface area contributed by atoms with Crippen LogP contribution < -0.4 is 0 Å². The van der Waals surface area contributed by atoms with Crippen LogP contribution in [-0.4, -0.2) is 83.1 Å². The van der Waals surface area contributed by atoms with Gasteiger partial charge in [-0.3, -0.25) is 4.79 Å². The molecule has 0 spiro atoms. The zero-order valence-corrected chi connectivity index (χ0v) is 40.9. The Balaban J connectivity index is 1.11. The summed E-state index contributed by atoms with van der Waals surface area (Å²) in [6.45, 7) is 23.6. The second kappa shape index (κ2) is 17.2. The molecule has 2 aliphatic heterocycles. The molecule has 348 valence electrons. The zero-order chi connectivity index (χ0) is 45.2. The molecule has 10 heteroatoms. The molecule has 2 heterocycles. The number of sulfonamides is 1. The zero-order valence-electron chi connectivity index (χ0n) is 40.0. The average molecular weight is 888 g/mol. The van der Waals surface area contributed by atoms with E-state index in [2.05, 4.69) is 54.5 Å². The highest BCUT2D eigenvalue weighted by Crippen LogP contribution is 2.75. The van der Waals surface area contributed by atoms with Crippen LogP contribution in [0.2, 0.25) is 0 Å². The summed E-state index contributed by atoms with van der Waals surface area (Å²) in [7, 11) is -2.00. The summed E-state index contributed by atoms with van der Waals surface area (Å²) in [6.07, 6.45) is 8.90. The van der Waals surface area contributed by atoms with Crippen LogP contribution in [0.1, 0.15) is 118 Å². The molecule has 0 amide bonds. The minimum atomic E-state index is -3.82. The summed E-state index contributed by atoms with van der Waals surface area (Å²) in [5.41, 5.74) is 1.54. The Morgan fingerprint density at radius 3 is 2.24 bits per heavy atom. The fraction of sp³-hybridized carbons (Fsp3) is 0.717. The molecular weight excluding hydrogens is 811 g/mol. The maximum Gasteiger partial charge on any atom is 0.310 e. The molecular formula is C53H77NO8S. The van der Waals surface area contributed by atoms with E-state index in [-0.39, 0.29) is 64.4 Å². The van der Waals surface area contributed by atoms with Crippen molar-refractivity contribution >= 4 is 16.0 Å². The molecule has 11 atom stereocenters. The van der Waals surface area contributed by atoms with E-state index >= 15 is 0 Å². The van der Waals surface area contributed by atoms with Gasteiger partial charge in [0, 0.05) is 37.7 Å². The van der Waals surface area contributed by atoms with E-state index in [1.807, 2.05) is 63.4 Å². The van der Waals surface area contributed by atoms with Gasteiger partial charge in [-0.2, -0.15) is 4.31 Å². The van der Waals surface area contributed by atoms with Gasteiger partial charge >= 0.3 is 5.97 Å². The van der Waals surface area contributed by atoms with Crippen LogP contribution >= 0.6 is 0 Å². The van der Waals surface area contributed by atoms with Gasteiger partial charge in [-0.25, -0.2) is 8.42 Å². The van der Waals surface area contributed by atoms with Gasteiger partial charge < -0.3 is 23.7 Å². The smallest absolute Gasteiger partial charge is 0.310 e. The molecule has 2 aromatic rings. The number of likely N-dealkylation sites (N-methyl/N-ethyl adjacent to an activating group) is 1. The van der Waals surface area contributed by atoms with Crippen molar-refractivity contribution in [2.75, 3.05) is 46.7 Å². The molecule has 3 saturated carbocycles. The number of methoxy groups -OCH3 is 1. The van der Waals surface area contributed by atoms with Gasteiger partial charge in [0.05, 0.1) is 48.4 Å². The molecule has 2 bridgehead atoms. The number of carbonyl (C=O) groups excluding carboxylic acids is 1. The number of benzene rings is 2. The van der Waals surface area contributed by atoms with Crippen molar-refractivity contribution in [3.05, 3.63) is 77.4 Å². The summed E-state index contributed by atoms with van der Waals surface area (Å²) in [5, 5.41) is 0. The lowest BCUT2D eigenvalue weighted by Crippen LogP contribution is -2.70. The summed E-state index contributed by atoms with van der Waals surface area (Å²) >= 11 is 0. The van der Waals surface area contributed by atoms with Crippen molar-refractivity contribution in [3.63, 3.8) is 0 Å². The summed E-state index contributed by atoms with van der Waals surface area (Å²) < 4.78 is 63.5. The highest BCUT2D eigenvalue weighted by Gasteiger charge is 2.72. The third kappa shape index (κ3) is 7.42. The van der Waals surface area contributed by atoms with Gasteiger partial charge in [-0.1, -0.05) is 115 Å². The summed E-state index contributed by atoms with van der Waals surface area (Å²) in [6, 6.07) is 17.3. The van der Waals surface area contributed by atoms with E-state index in [1.165, 1.54) is 5.57 Å². The van der Waals surface area contributed by atoms with Crippen LogP contribution in [0.5, 0.6) is 0 Å². The van der Waals surface area contributed by atoms with Crippen molar-refractivity contribution in [3.8, 4) is 0 Å². The summed E-state index contributed by atoms with van der Waals surface area (Å²) in [4.78, 5) is 15.2. The standard InChI is InChI=1S/C53H77NO8S/c1-11-54(63(56,57)40-19-17-37(4)18-20-40)52(27-29-59-30-28-52)34-62-46-43(58-10)31-53-35-60-33-49(46,7)44(53)22-21-41-42(53)23-24-51(9)45(47(55)61-32-39-15-13-12-14-16-39)48(6,38(5)36(2)3)25-26-50(41,51)8/h12-20,23,36,38,41,43-46H,11,21-22,24-35H2,1-10H3/t38-,41+,43-,44+,45-,46+,48-,49?,50-,51+,53+/m1/s1. The van der Waals surface area contributed by atoms with Crippen molar-refractivity contribution in [1.82, 2.24) is 4.31 Å². The van der Waals surface area contributed by atoms with Crippen molar-refractivity contribution in [2.45, 2.75) is 143 Å². The number of aryl methyl sites for hydroxylation is 1. The minimum absolute atomic E-state index is 0.0488. The second-order valence-electron chi connectivity index (χ2n) is 22.1. The molecule has 5 fully saturated rings. The maximum absolute atomic E-state index is 14.9. The average Bonchev–Trinajstić information content (AvgIpc) is 3.26. The molecule has 0 radical (unpaired) electrons. The third-order valence-corrected chi connectivity index (χ3v) is 21.1. The number of carbonyl (C=O) groups is 1. The first-order valence-electron chi connectivity index (χ1n) is 24.2. The largest absolute Gasteiger partial charge is 0.461 e. The van der Waals surface area contributed by atoms with E-state index in [4.69, 9.17) is 23.7 Å². The van der Waals surface area contributed by atoms with Gasteiger partial charge in [-0.05, 0) is 116 Å². The fourth-order valence-corrected chi connectivity index (χ4v) is 16.7. The molecule has 0 aromatic heterocycles. The van der Waals surface area contributed by atoms with Gasteiger partial charge in [0.15, 0.2) is 0 Å². The van der Waals surface area contributed by atoms with Crippen LogP contribution in [0.4, 0.5) is 0 Å². The van der Waals surface area contributed by atoms with Crippen LogP contribution in [0.25, 0.3) is 0 Å². The van der Waals surface area contributed by atoms with Crippen LogP contribution in [0.3, 0.4) is 0 Å². The lowest BCUT2D eigenvalue weighted by atomic mass is 9.34. The predicted molar refractivity (Wildman–Crippen MR) is 246 cm³/mol. The Hall–Kier alpha value is -2.60. The molecule has 4 aliphatic carbocycles. The van der Waals surface area contributed by atoms with Gasteiger partial charge in [0.1, 0.15) is 6.61 Å². The number of allylic oxidation sites excluding steroid dienone is 1. The molecule has 9 nitrogen and oxygen atoms in total. The van der Waals surface area contributed by atoms with Crippen LogP contribution in [0, 0.1) is 63.6 Å². The SMILES string of the molecule is CCN(C1(CO[C@H]2[C@H](OC)C[C@@]34COCC2(C)[C@@H]3CC[C@H]2C4=CC[C@@]3(C)[C@H](C(=O)OCc4ccccc4)[C@@](C)([C@H](C)C(C)C)CC[C@]23C)CCOCC1)S(=O)(=O)c1ccc(C)cc1. The van der Waals surface area contributed by atoms with Crippen molar-refractivity contribution < 1.29 is 36.9 Å².